The Morgan fingerprint density at radius 2 is 2.00 bits per heavy atom. The van der Waals surface area contributed by atoms with Crippen LogP contribution in [-0.2, 0) is 4.79 Å². The number of carbonyl (C=O) groups excluding carboxylic acids is 1. The first-order chi connectivity index (χ1) is 8.86. The minimum atomic E-state index is -0.726. The summed E-state index contributed by atoms with van der Waals surface area (Å²) in [6.45, 7) is 1.85. The lowest BCUT2D eigenvalue weighted by Gasteiger charge is -2.39. The number of rotatable bonds is 3. The molecule has 0 spiro atoms. The lowest BCUT2D eigenvalue weighted by Crippen LogP contribution is -2.50. The molecule has 0 heterocycles. The Balaban J connectivity index is 2.24. The van der Waals surface area contributed by atoms with Gasteiger partial charge in [0.15, 0.2) is 0 Å². The highest BCUT2D eigenvalue weighted by atomic mass is 35.5. The highest BCUT2D eigenvalue weighted by molar-refractivity contribution is 7.80. The molecule has 2 rings (SSSR count). The fourth-order valence-electron chi connectivity index (χ4n) is 2.10. The fourth-order valence-corrected chi connectivity index (χ4v) is 2.83. The van der Waals surface area contributed by atoms with Crippen LogP contribution >= 0.6 is 35.4 Å². The monoisotopic (exact) mass is 316 g/mol. The van der Waals surface area contributed by atoms with E-state index in [1.54, 1.807) is 12.1 Å². The zero-order valence-electron chi connectivity index (χ0n) is 10.4. The van der Waals surface area contributed by atoms with Crippen LogP contribution in [0.2, 0.25) is 10.0 Å². The number of anilines is 1. The largest absolute Gasteiger partial charge is 0.392 e. The normalized spacial score (nSPS) is 16.6. The van der Waals surface area contributed by atoms with E-state index in [1.807, 2.05) is 6.92 Å². The van der Waals surface area contributed by atoms with Crippen LogP contribution < -0.4 is 11.1 Å². The quantitative estimate of drug-likeness (QED) is 0.836. The molecule has 1 saturated carbocycles. The molecule has 0 bridgehead atoms. The van der Waals surface area contributed by atoms with Crippen LogP contribution in [0.15, 0.2) is 12.1 Å². The molecule has 3 nitrogen and oxygen atoms in total. The summed E-state index contributed by atoms with van der Waals surface area (Å²) >= 11 is 17.1. The van der Waals surface area contributed by atoms with E-state index in [-0.39, 0.29) is 10.9 Å². The smallest absolute Gasteiger partial charge is 0.237 e. The average Bonchev–Trinajstić information content (AvgIpc) is 2.23. The van der Waals surface area contributed by atoms with Gasteiger partial charge < -0.3 is 11.1 Å². The van der Waals surface area contributed by atoms with E-state index in [2.05, 4.69) is 5.32 Å². The Kier molecular flexibility index (Phi) is 4.04. The van der Waals surface area contributed by atoms with E-state index >= 15 is 0 Å². The van der Waals surface area contributed by atoms with Gasteiger partial charge in [-0.3, -0.25) is 4.79 Å². The molecule has 1 aromatic rings. The number of nitrogens with two attached hydrogens (primary N) is 1. The molecule has 1 aliphatic carbocycles. The van der Waals surface area contributed by atoms with Crippen LogP contribution in [0, 0.1) is 12.3 Å². The number of hydrogen-bond acceptors (Lipinski definition) is 2. The molecule has 0 radical (unpaired) electrons. The molecule has 3 N–H and O–H groups in total. The van der Waals surface area contributed by atoms with Gasteiger partial charge in [-0.2, -0.15) is 0 Å². The van der Waals surface area contributed by atoms with Crippen molar-refractivity contribution in [3.8, 4) is 0 Å². The van der Waals surface area contributed by atoms with Crippen molar-refractivity contribution in [1.29, 1.82) is 0 Å². The predicted octanol–water partition coefficient (Wildman–Crippen LogP) is 3.70. The van der Waals surface area contributed by atoms with Gasteiger partial charge in [0.2, 0.25) is 5.91 Å². The molecule has 0 unspecified atom stereocenters. The number of amides is 1. The minimum Gasteiger partial charge on any atom is -0.392 e. The third-order valence-electron chi connectivity index (χ3n) is 3.61. The molecule has 0 atom stereocenters. The summed E-state index contributed by atoms with van der Waals surface area (Å²) in [4.78, 5) is 12.6. The Labute approximate surface area is 127 Å². The minimum absolute atomic E-state index is 0.201. The van der Waals surface area contributed by atoms with E-state index in [4.69, 9.17) is 41.2 Å². The van der Waals surface area contributed by atoms with Gasteiger partial charge in [0.25, 0.3) is 0 Å². The van der Waals surface area contributed by atoms with Crippen LogP contribution in [0.3, 0.4) is 0 Å². The van der Waals surface area contributed by atoms with E-state index in [0.29, 0.717) is 28.6 Å². The maximum atomic E-state index is 12.3. The second-order valence-corrected chi connectivity index (χ2v) is 6.09. The van der Waals surface area contributed by atoms with Crippen molar-refractivity contribution in [3.63, 3.8) is 0 Å². The van der Waals surface area contributed by atoms with Crippen LogP contribution in [0.5, 0.6) is 0 Å². The summed E-state index contributed by atoms with van der Waals surface area (Å²) in [5.41, 5.74) is 6.31. The summed E-state index contributed by atoms with van der Waals surface area (Å²) in [7, 11) is 0. The lowest BCUT2D eigenvalue weighted by atomic mass is 9.68. The molecule has 1 aliphatic rings. The lowest BCUT2D eigenvalue weighted by molar-refractivity contribution is -0.125. The summed E-state index contributed by atoms with van der Waals surface area (Å²) < 4.78 is 0. The molecule has 0 saturated heterocycles. The number of halogens is 2. The van der Waals surface area contributed by atoms with E-state index < -0.39 is 5.41 Å². The molecule has 102 valence electrons. The van der Waals surface area contributed by atoms with Crippen LogP contribution in [-0.4, -0.2) is 10.9 Å². The first-order valence-electron chi connectivity index (χ1n) is 5.94. The summed E-state index contributed by atoms with van der Waals surface area (Å²) in [5.74, 6) is -0.201. The standard InChI is InChI=1S/C13H14Cl2N2OS/c1-7-5-9(15)10(6-8(7)14)17-12(18)13(11(16)19)3-2-4-13/h5-6H,2-4H2,1H3,(H2,16,19)(H,17,18). The summed E-state index contributed by atoms with van der Waals surface area (Å²) in [6.07, 6.45) is 2.32. The van der Waals surface area contributed by atoms with Crippen molar-refractivity contribution in [1.82, 2.24) is 0 Å². The molecular formula is C13H14Cl2N2OS. The predicted molar refractivity (Wildman–Crippen MR) is 82.9 cm³/mol. The van der Waals surface area contributed by atoms with Crippen molar-refractivity contribution < 1.29 is 4.79 Å². The Morgan fingerprint density at radius 3 is 2.47 bits per heavy atom. The molecule has 6 heteroatoms. The first-order valence-corrected chi connectivity index (χ1v) is 7.10. The van der Waals surface area contributed by atoms with Crippen molar-refractivity contribution in [3.05, 3.63) is 27.7 Å². The highest BCUT2D eigenvalue weighted by Crippen LogP contribution is 2.42. The topological polar surface area (TPSA) is 55.1 Å². The van der Waals surface area contributed by atoms with Crippen molar-refractivity contribution in [2.45, 2.75) is 26.2 Å². The number of thiocarbonyl (C=S) groups is 1. The van der Waals surface area contributed by atoms with Gasteiger partial charge in [0.05, 0.1) is 21.1 Å². The Hall–Kier alpha value is -0.840. The maximum Gasteiger partial charge on any atom is 0.237 e. The fraction of sp³-hybridized carbons (Fsp3) is 0.385. The third kappa shape index (κ3) is 2.57. The van der Waals surface area contributed by atoms with Gasteiger partial charge in [-0.1, -0.05) is 41.8 Å². The molecule has 0 aromatic heterocycles. The number of benzene rings is 1. The number of aryl methyl sites for hydroxylation is 1. The average molecular weight is 317 g/mol. The SMILES string of the molecule is Cc1cc(Cl)c(NC(=O)C2(C(N)=S)CCC2)cc1Cl. The second-order valence-electron chi connectivity index (χ2n) is 4.84. The van der Waals surface area contributed by atoms with Gasteiger partial charge in [0, 0.05) is 5.02 Å². The van der Waals surface area contributed by atoms with Gasteiger partial charge in [-0.15, -0.1) is 0 Å². The van der Waals surface area contributed by atoms with E-state index in [1.165, 1.54) is 0 Å². The summed E-state index contributed by atoms with van der Waals surface area (Å²) in [5, 5.41) is 3.78. The van der Waals surface area contributed by atoms with Crippen molar-refractivity contribution >= 4 is 52.0 Å². The molecule has 19 heavy (non-hydrogen) atoms. The van der Waals surface area contributed by atoms with Gasteiger partial charge in [-0.25, -0.2) is 0 Å². The van der Waals surface area contributed by atoms with Crippen LogP contribution in [0.1, 0.15) is 24.8 Å². The van der Waals surface area contributed by atoms with Gasteiger partial charge in [0.1, 0.15) is 0 Å². The second kappa shape index (κ2) is 5.27. The van der Waals surface area contributed by atoms with Gasteiger partial charge >= 0.3 is 0 Å². The first kappa shape index (κ1) is 14.6. The molecule has 1 fully saturated rings. The number of nitrogens with one attached hydrogen (secondary N) is 1. The summed E-state index contributed by atoms with van der Waals surface area (Å²) in [6, 6.07) is 3.36. The van der Waals surface area contributed by atoms with Crippen molar-refractivity contribution in [2.75, 3.05) is 5.32 Å². The number of hydrogen-bond donors (Lipinski definition) is 2. The highest BCUT2D eigenvalue weighted by Gasteiger charge is 2.47. The molecule has 0 aliphatic heterocycles. The van der Waals surface area contributed by atoms with Crippen molar-refractivity contribution in [2.24, 2.45) is 11.1 Å². The van der Waals surface area contributed by atoms with E-state index in [9.17, 15) is 4.79 Å². The Morgan fingerprint density at radius 1 is 1.37 bits per heavy atom. The third-order valence-corrected chi connectivity index (χ3v) is 4.72. The molecular weight excluding hydrogens is 303 g/mol. The molecule has 1 aromatic carbocycles. The maximum absolute atomic E-state index is 12.3. The number of carbonyl (C=O) groups is 1. The zero-order valence-corrected chi connectivity index (χ0v) is 12.8. The van der Waals surface area contributed by atoms with Gasteiger partial charge in [-0.05, 0) is 37.5 Å². The van der Waals surface area contributed by atoms with Crippen LogP contribution in [0.4, 0.5) is 5.69 Å². The van der Waals surface area contributed by atoms with E-state index in [0.717, 1.165) is 12.0 Å². The molecule has 1 amide bonds. The Bertz CT molecular complexity index is 556. The van der Waals surface area contributed by atoms with Crippen LogP contribution in [0.25, 0.3) is 0 Å². The zero-order chi connectivity index (χ0) is 14.2.